The first-order valence-corrected chi connectivity index (χ1v) is 8.45. The number of benzene rings is 2. The molecular formula is C18H14BrF3N2O2. The molecule has 0 aromatic heterocycles. The van der Waals surface area contributed by atoms with Crippen molar-refractivity contribution in [3.05, 3.63) is 69.7 Å². The molecule has 1 unspecified atom stereocenters. The van der Waals surface area contributed by atoms with E-state index in [9.17, 15) is 23.1 Å². The molecule has 1 aliphatic heterocycles. The van der Waals surface area contributed by atoms with Gasteiger partial charge in [0.1, 0.15) is 0 Å². The van der Waals surface area contributed by atoms with Crippen LogP contribution in [0.5, 0.6) is 0 Å². The van der Waals surface area contributed by atoms with E-state index in [0.29, 0.717) is 10.0 Å². The maximum atomic E-state index is 13.6. The van der Waals surface area contributed by atoms with E-state index in [0.717, 1.165) is 5.56 Å². The first-order valence-electron chi connectivity index (χ1n) is 7.65. The van der Waals surface area contributed by atoms with E-state index >= 15 is 0 Å². The van der Waals surface area contributed by atoms with E-state index < -0.39 is 24.2 Å². The number of rotatable bonds is 2. The number of hydrazone groups is 1. The Balaban J connectivity index is 2.05. The van der Waals surface area contributed by atoms with Crippen LogP contribution in [0.15, 0.2) is 58.1 Å². The summed E-state index contributed by atoms with van der Waals surface area (Å²) in [5.41, 5.74) is -2.07. The van der Waals surface area contributed by atoms with Crippen LogP contribution in [0.1, 0.15) is 27.9 Å². The third-order valence-electron chi connectivity index (χ3n) is 4.09. The molecule has 4 nitrogen and oxygen atoms in total. The Kier molecular flexibility index (Phi) is 4.66. The molecule has 1 heterocycles. The van der Waals surface area contributed by atoms with Crippen molar-refractivity contribution in [2.45, 2.75) is 25.2 Å². The summed E-state index contributed by atoms with van der Waals surface area (Å²) >= 11 is 3.17. The van der Waals surface area contributed by atoms with Gasteiger partial charge in [-0.15, -0.1) is 0 Å². The Bertz CT molecular complexity index is 881. The van der Waals surface area contributed by atoms with Crippen LogP contribution in [0.4, 0.5) is 13.2 Å². The molecule has 0 aliphatic carbocycles. The van der Waals surface area contributed by atoms with Gasteiger partial charge >= 0.3 is 6.18 Å². The van der Waals surface area contributed by atoms with Gasteiger partial charge in [0.15, 0.2) is 0 Å². The fraction of sp³-hybridized carbons (Fsp3) is 0.222. The summed E-state index contributed by atoms with van der Waals surface area (Å²) in [5.74, 6) is -1.03. The summed E-state index contributed by atoms with van der Waals surface area (Å²) in [6.07, 6.45) is -5.90. The van der Waals surface area contributed by atoms with E-state index in [1.54, 1.807) is 30.3 Å². The van der Waals surface area contributed by atoms with Crippen LogP contribution in [-0.4, -0.2) is 33.6 Å². The van der Waals surface area contributed by atoms with Gasteiger partial charge in [-0.25, -0.2) is 0 Å². The maximum Gasteiger partial charge on any atom is 0.438 e. The summed E-state index contributed by atoms with van der Waals surface area (Å²) in [4.78, 5) is 12.6. The Hall–Kier alpha value is -2.19. The normalized spacial score (nSPS) is 20.2. The Morgan fingerprint density at radius 3 is 2.46 bits per heavy atom. The van der Waals surface area contributed by atoms with Crippen molar-refractivity contribution in [3.8, 4) is 0 Å². The molecule has 1 aliphatic rings. The minimum atomic E-state index is -5.06. The number of aryl methyl sites for hydroxylation is 1. The highest BCUT2D eigenvalue weighted by atomic mass is 79.9. The summed E-state index contributed by atoms with van der Waals surface area (Å²) < 4.78 is 41.3. The van der Waals surface area contributed by atoms with Gasteiger partial charge in [-0.3, -0.25) is 4.79 Å². The highest BCUT2D eigenvalue weighted by Gasteiger charge is 2.63. The number of halogens is 4. The van der Waals surface area contributed by atoms with E-state index in [-0.39, 0.29) is 16.3 Å². The van der Waals surface area contributed by atoms with Gasteiger partial charge in [-0.05, 0) is 30.7 Å². The summed E-state index contributed by atoms with van der Waals surface area (Å²) in [6, 6.07) is 12.6. The monoisotopic (exact) mass is 426 g/mol. The molecule has 1 N–H and O–H groups in total. The second-order valence-corrected chi connectivity index (χ2v) is 6.95. The molecule has 0 fully saturated rings. The maximum absolute atomic E-state index is 13.6. The second-order valence-electron chi connectivity index (χ2n) is 6.03. The molecule has 2 aromatic carbocycles. The van der Waals surface area contributed by atoms with E-state index in [1.165, 1.54) is 18.2 Å². The van der Waals surface area contributed by atoms with Gasteiger partial charge in [0, 0.05) is 10.0 Å². The number of hydrogen-bond acceptors (Lipinski definition) is 3. The van der Waals surface area contributed by atoms with Gasteiger partial charge in [0.25, 0.3) is 11.6 Å². The van der Waals surface area contributed by atoms with Crippen LogP contribution in [0.25, 0.3) is 0 Å². The predicted molar refractivity (Wildman–Crippen MR) is 93.6 cm³/mol. The zero-order valence-corrected chi connectivity index (χ0v) is 15.2. The lowest BCUT2D eigenvalue weighted by Crippen LogP contribution is -2.56. The fourth-order valence-electron chi connectivity index (χ4n) is 2.63. The standard InChI is InChI=1S/C18H14BrF3N2O2/c1-11-5-7-12(8-6-11)15-10-17(26,18(20,21)22)24(23-15)16(25)13-3-2-4-14(19)9-13/h2-9,26H,10H2,1H3. The number of amides is 1. The van der Waals surface area contributed by atoms with Crippen molar-refractivity contribution in [2.75, 3.05) is 0 Å². The van der Waals surface area contributed by atoms with Crippen LogP contribution in [0.2, 0.25) is 0 Å². The summed E-state index contributed by atoms with van der Waals surface area (Å²) in [7, 11) is 0. The zero-order chi connectivity index (χ0) is 19.1. The molecule has 26 heavy (non-hydrogen) atoms. The van der Waals surface area contributed by atoms with E-state index in [2.05, 4.69) is 21.0 Å². The molecule has 8 heteroatoms. The molecule has 0 spiro atoms. The molecule has 0 radical (unpaired) electrons. The second kappa shape index (κ2) is 6.51. The molecule has 2 aromatic rings. The van der Waals surface area contributed by atoms with Crippen molar-refractivity contribution in [2.24, 2.45) is 5.10 Å². The lowest BCUT2D eigenvalue weighted by molar-refractivity contribution is -0.297. The van der Waals surface area contributed by atoms with Crippen LogP contribution >= 0.6 is 15.9 Å². The molecule has 136 valence electrons. The molecule has 0 saturated heterocycles. The van der Waals surface area contributed by atoms with Gasteiger partial charge in [0.2, 0.25) is 0 Å². The lowest BCUT2D eigenvalue weighted by atomic mass is 10.00. The topological polar surface area (TPSA) is 52.9 Å². The molecule has 1 atom stereocenters. The van der Waals surface area contributed by atoms with Gasteiger partial charge < -0.3 is 5.11 Å². The van der Waals surface area contributed by atoms with Crippen molar-refractivity contribution in [1.29, 1.82) is 0 Å². The van der Waals surface area contributed by atoms with Gasteiger partial charge in [0.05, 0.1) is 12.1 Å². The van der Waals surface area contributed by atoms with Gasteiger partial charge in [-0.1, -0.05) is 51.8 Å². The summed E-state index contributed by atoms with van der Waals surface area (Å²) in [6.45, 7) is 1.84. The number of carbonyl (C=O) groups excluding carboxylic acids is 1. The van der Waals surface area contributed by atoms with Crippen molar-refractivity contribution < 1.29 is 23.1 Å². The van der Waals surface area contributed by atoms with Crippen LogP contribution < -0.4 is 0 Å². The fourth-order valence-corrected chi connectivity index (χ4v) is 3.03. The molecule has 1 amide bonds. The smallest absolute Gasteiger partial charge is 0.362 e. The highest BCUT2D eigenvalue weighted by molar-refractivity contribution is 9.10. The van der Waals surface area contributed by atoms with Crippen molar-refractivity contribution in [1.82, 2.24) is 5.01 Å². The number of aliphatic hydroxyl groups is 1. The minimum Gasteiger partial charge on any atom is -0.362 e. The Morgan fingerprint density at radius 2 is 1.88 bits per heavy atom. The number of nitrogens with zero attached hydrogens (tertiary/aromatic N) is 2. The average Bonchev–Trinajstić information content (AvgIpc) is 2.94. The molecule has 3 rings (SSSR count). The van der Waals surface area contributed by atoms with Crippen LogP contribution in [0.3, 0.4) is 0 Å². The number of carbonyl (C=O) groups is 1. The lowest BCUT2D eigenvalue weighted by Gasteiger charge is -2.32. The largest absolute Gasteiger partial charge is 0.438 e. The highest BCUT2D eigenvalue weighted by Crippen LogP contribution is 2.42. The zero-order valence-electron chi connectivity index (χ0n) is 13.6. The van der Waals surface area contributed by atoms with Crippen LogP contribution in [-0.2, 0) is 0 Å². The molecule has 0 bridgehead atoms. The van der Waals surface area contributed by atoms with Gasteiger partial charge in [-0.2, -0.15) is 23.3 Å². The van der Waals surface area contributed by atoms with Crippen molar-refractivity contribution in [3.63, 3.8) is 0 Å². The summed E-state index contributed by atoms with van der Waals surface area (Å²) in [5, 5.41) is 14.3. The van der Waals surface area contributed by atoms with Crippen LogP contribution in [0, 0.1) is 6.92 Å². The molecular weight excluding hydrogens is 413 g/mol. The van der Waals surface area contributed by atoms with E-state index in [1.807, 2.05) is 6.92 Å². The first kappa shape index (κ1) is 18.6. The Labute approximate surface area is 156 Å². The minimum absolute atomic E-state index is 0.00632. The average molecular weight is 427 g/mol. The third kappa shape index (κ3) is 3.26. The quantitative estimate of drug-likeness (QED) is 0.779. The van der Waals surface area contributed by atoms with E-state index in [4.69, 9.17) is 0 Å². The number of hydrogen-bond donors (Lipinski definition) is 1. The SMILES string of the molecule is Cc1ccc(C2=NN(C(=O)c3cccc(Br)c3)C(O)(C(F)(F)F)C2)cc1. The molecule has 0 saturated carbocycles. The predicted octanol–water partition coefficient (Wildman–Crippen LogP) is 4.26. The number of alkyl halides is 3. The Morgan fingerprint density at radius 1 is 1.23 bits per heavy atom. The third-order valence-corrected chi connectivity index (χ3v) is 4.58. The van der Waals surface area contributed by atoms with Crippen molar-refractivity contribution >= 4 is 27.5 Å². The first-order chi connectivity index (χ1) is 12.1.